The van der Waals surface area contributed by atoms with Crippen molar-refractivity contribution < 1.29 is 28.6 Å². The van der Waals surface area contributed by atoms with Crippen LogP contribution in [-0.2, 0) is 28.6 Å². The van der Waals surface area contributed by atoms with Crippen molar-refractivity contribution in [3.63, 3.8) is 0 Å². The summed E-state index contributed by atoms with van der Waals surface area (Å²) in [5, 5.41) is 0. The molecular weight excluding hydrogens is 769 g/mol. The molecule has 62 heavy (non-hydrogen) atoms. The Morgan fingerprint density at radius 1 is 0.339 bits per heavy atom. The summed E-state index contributed by atoms with van der Waals surface area (Å²) in [7, 11) is 0. The molecule has 0 aromatic heterocycles. The van der Waals surface area contributed by atoms with E-state index in [4.69, 9.17) is 14.2 Å². The predicted octanol–water partition coefficient (Wildman–Crippen LogP) is 16.1. The zero-order chi connectivity index (χ0) is 45.1. The molecule has 0 N–H and O–H groups in total. The van der Waals surface area contributed by atoms with E-state index in [2.05, 4.69) is 99.8 Å². The number of carbonyl (C=O) groups excluding carboxylic acids is 3. The van der Waals surface area contributed by atoms with E-state index in [1.165, 1.54) is 32.1 Å². The summed E-state index contributed by atoms with van der Waals surface area (Å²) in [6.07, 6.45) is 67.5. The molecular formula is C56H88O6. The molecule has 0 radical (unpaired) electrons. The van der Waals surface area contributed by atoms with Gasteiger partial charge >= 0.3 is 17.9 Å². The highest BCUT2D eigenvalue weighted by molar-refractivity contribution is 5.71. The van der Waals surface area contributed by atoms with Crippen LogP contribution in [0.4, 0.5) is 0 Å². The van der Waals surface area contributed by atoms with Crippen LogP contribution in [0, 0.1) is 0 Å². The lowest BCUT2D eigenvalue weighted by Crippen LogP contribution is -2.30. The molecule has 1 atom stereocenters. The third-order valence-electron chi connectivity index (χ3n) is 9.90. The van der Waals surface area contributed by atoms with Crippen molar-refractivity contribution in [1.82, 2.24) is 0 Å². The first-order valence-corrected chi connectivity index (χ1v) is 24.7. The number of rotatable bonds is 42. The van der Waals surface area contributed by atoms with Crippen LogP contribution >= 0.6 is 0 Å². The van der Waals surface area contributed by atoms with Crippen molar-refractivity contribution in [3.05, 3.63) is 122 Å². The lowest BCUT2D eigenvalue weighted by molar-refractivity contribution is -0.167. The first-order chi connectivity index (χ1) is 30.5. The number of esters is 3. The zero-order valence-corrected chi connectivity index (χ0v) is 39.6. The number of ether oxygens (including phenoxy) is 3. The van der Waals surface area contributed by atoms with E-state index < -0.39 is 6.10 Å². The predicted molar refractivity (Wildman–Crippen MR) is 265 cm³/mol. The first kappa shape index (κ1) is 57.8. The Kier molecular flexibility index (Phi) is 46.1. The van der Waals surface area contributed by atoms with Crippen molar-refractivity contribution in [2.45, 2.75) is 200 Å². The maximum atomic E-state index is 12.7. The van der Waals surface area contributed by atoms with Crippen LogP contribution in [0.3, 0.4) is 0 Å². The van der Waals surface area contributed by atoms with Gasteiger partial charge in [0.05, 0.1) is 0 Å². The monoisotopic (exact) mass is 857 g/mol. The molecule has 0 fully saturated rings. The van der Waals surface area contributed by atoms with Gasteiger partial charge in [-0.15, -0.1) is 0 Å². The van der Waals surface area contributed by atoms with Crippen molar-refractivity contribution in [1.29, 1.82) is 0 Å². The quantitative estimate of drug-likeness (QED) is 0.0263. The fraction of sp³-hybridized carbons (Fsp3) is 0.589. The van der Waals surface area contributed by atoms with Crippen molar-refractivity contribution in [2.75, 3.05) is 13.2 Å². The highest BCUT2D eigenvalue weighted by Crippen LogP contribution is 2.12. The molecule has 1 unspecified atom stereocenters. The molecule has 0 aliphatic carbocycles. The molecule has 0 amide bonds. The molecule has 6 heteroatoms. The minimum absolute atomic E-state index is 0.116. The van der Waals surface area contributed by atoms with Gasteiger partial charge in [-0.3, -0.25) is 14.4 Å². The van der Waals surface area contributed by atoms with E-state index >= 15 is 0 Å². The van der Waals surface area contributed by atoms with Gasteiger partial charge in [0.25, 0.3) is 0 Å². The topological polar surface area (TPSA) is 78.9 Å². The molecule has 0 bridgehead atoms. The fourth-order valence-corrected chi connectivity index (χ4v) is 6.22. The van der Waals surface area contributed by atoms with E-state index in [1.807, 2.05) is 42.5 Å². The Hall–Kier alpha value is -4.19. The summed E-state index contributed by atoms with van der Waals surface area (Å²) in [5.41, 5.74) is 0. The lowest BCUT2D eigenvalue weighted by atomic mass is 10.1. The molecule has 0 aromatic carbocycles. The van der Waals surface area contributed by atoms with Gasteiger partial charge < -0.3 is 14.2 Å². The smallest absolute Gasteiger partial charge is 0.306 e. The Labute approximate surface area is 380 Å². The Balaban J connectivity index is 4.52. The van der Waals surface area contributed by atoms with E-state index in [0.29, 0.717) is 19.3 Å². The van der Waals surface area contributed by atoms with Gasteiger partial charge in [-0.1, -0.05) is 213 Å². The van der Waals surface area contributed by atoms with Crippen LogP contribution in [0.25, 0.3) is 0 Å². The molecule has 0 saturated heterocycles. The Bertz CT molecular complexity index is 1350. The van der Waals surface area contributed by atoms with Gasteiger partial charge in [-0.05, 0) is 83.5 Å². The van der Waals surface area contributed by atoms with Gasteiger partial charge in [-0.25, -0.2) is 0 Å². The Morgan fingerprint density at radius 3 is 1.00 bits per heavy atom. The summed E-state index contributed by atoms with van der Waals surface area (Å²) in [5.74, 6) is -1.00. The van der Waals surface area contributed by atoms with Crippen molar-refractivity contribution in [2.24, 2.45) is 0 Å². The molecule has 0 heterocycles. The molecule has 0 saturated carbocycles. The molecule has 0 rings (SSSR count). The van der Waals surface area contributed by atoms with Crippen molar-refractivity contribution in [3.8, 4) is 0 Å². The lowest BCUT2D eigenvalue weighted by Gasteiger charge is -2.18. The molecule has 0 spiro atoms. The second-order valence-electron chi connectivity index (χ2n) is 15.8. The maximum absolute atomic E-state index is 12.7. The van der Waals surface area contributed by atoms with E-state index in [0.717, 1.165) is 116 Å². The third kappa shape index (κ3) is 46.9. The van der Waals surface area contributed by atoms with Crippen LogP contribution in [0.1, 0.15) is 194 Å². The summed E-state index contributed by atoms with van der Waals surface area (Å²) in [6, 6.07) is 0. The number of unbranched alkanes of at least 4 members (excludes halogenated alkanes) is 18. The summed E-state index contributed by atoms with van der Waals surface area (Å²) < 4.78 is 16.7. The molecule has 348 valence electrons. The maximum Gasteiger partial charge on any atom is 0.306 e. The first-order valence-electron chi connectivity index (χ1n) is 24.7. The standard InChI is InChI=1S/C56H88O6/c1-4-7-10-13-16-19-22-25-26-27-28-29-32-34-37-40-43-46-49-55(58)61-52-53(62-56(59)50-47-44-41-38-35-31-24-21-18-15-12-9-6-3)51-60-54(57)48-45-42-39-36-33-30-23-20-17-14-11-8-5-2/h8-9,11-12,14-15,17-18,20-29,31,35,53H,4-7,10,13,16,19,30,32-34,36-52H2,1-3H3/b11-8+,12-9+,17-14+,18-15+,23-20+,24-21+,25-22+,27-26+,29-28+,35-31+. The van der Waals surface area contributed by atoms with Gasteiger partial charge in [-0.2, -0.15) is 0 Å². The summed E-state index contributed by atoms with van der Waals surface area (Å²) in [4.78, 5) is 37.9. The van der Waals surface area contributed by atoms with Gasteiger partial charge in [0.15, 0.2) is 6.10 Å². The van der Waals surface area contributed by atoms with Crippen LogP contribution in [-0.4, -0.2) is 37.2 Å². The van der Waals surface area contributed by atoms with E-state index in [9.17, 15) is 14.4 Å². The summed E-state index contributed by atoms with van der Waals surface area (Å²) >= 11 is 0. The highest BCUT2D eigenvalue weighted by atomic mass is 16.6. The minimum atomic E-state index is -0.818. The number of allylic oxidation sites excluding steroid dienone is 20. The number of carbonyl (C=O) groups is 3. The van der Waals surface area contributed by atoms with Crippen LogP contribution in [0.2, 0.25) is 0 Å². The molecule has 0 aliphatic heterocycles. The normalized spacial score (nSPS) is 13.1. The van der Waals surface area contributed by atoms with Gasteiger partial charge in [0, 0.05) is 19.3 Å². The van der Waals surface area contributed by atoms with Crippen LogP contribution in [0.15, 0.2) is 122 Å². The second-order valence-corrected chi connectivity index (χ2v) is 15.8. The van der Waals surface area contributed by atoms with Crippen molar-refractivity contribution >= 4 is 17.9 Å². The average Bonchev–Trinajstić information content (AvgIpc) is 3.27. The Morgan fingerprint density at radius 2 is 0.629 bits per heavy atom. The summed E-state index contributed by atoms with van der Waals surface area (Å²) in [6.45, 7) is 6.25. The number of hydrogen-bond acceptors (Lipinski definition) is 6. The third-order valence-corrected chi connectivity index (χ3v) is 9.90. The number of hydrogen-bond donors (Lipinski definition) is 0. The largest absolute Gasteiger partial charge is 0.462 e. The zero-order valence-electron chi connectivity index (χ0n) is 39.6. The second kappa shape index (κ2) is 49.5. The van der Waals surface area contributed by atoms with Gasteiger partial charge in [0.1, 0.15) is 13.2 Å². The van der Waals surface area contributed by atoms with Crippen LogP contribution in [0.5, 0.6) is 0 Å². The fourth-order valence-electron chi connectivity index (χ4n) is 6.22. The minimum Gasteiger partial charge on any atom is -0.462 e. The molecule has 6 nitrogen and oxygen atoms in total. The van der Waals surface area contributed by atoms with Crippen LogP contribution < -0.4 is 0 Å². The SMILES string of the molecule is CC/C=C/C=C/C=C/C=C/CCCCCC(=O)OC(COC(=O)CCCCCCC/C=C/C=C/C=C/CC)COC(=O)CCCCCCC/C=C/C=C/C=C/CCCCCCC. The average molecular weight is 857 g/mol. The van der Waals surface area contributed by atoms with E-state index in [-0.39, 0.29) is 37.5 Å². The highest BCUT2D eigenvalue weighted by Gasteiger charge is 2.19. The molecule has 0 aliphatic rings. The van der Waals surface area contributed by atoms with Gasteiger partial charge in [0.2, 0.25) is 0 Å². The molecule has 0 aromatic rings. The van der Waals surface area contributed by atoms with E-state index in [1.54, 1.807) is 0 Å².